The molecule has 0 aliphatic carbocycles. The van der Waals surface area contributed by atoms with Gasteiger partial charge in [-0.1, -0.05) is 26.8 Å². The molecule has 92 valence electrons. The zero-order chi connectivity index (χ0) is 11.5. The Bertz CT molecular complexity index is 319. The fraction of sp³-hybridized carbons (Fsp3) is 0.545. The van der Waals surface area contributed by atoms with Crippen LogP contribution in [0.25, 0.3) is 0 Å². The molecule has 3 N–H and O–H groups in total. The second-order valence-electron chi connectivity index (χ2n) is 4.64. The Labute approximate surface area is 107 Å². The van der Waals surface area contributed by atoms with E-state index in [9.17, 15) is 4.79 Å². The third kappa shape index (κ3) is 4.51. The molecule has 0 bridgehead atoms. The van der Waals surface area contributed by atoms with E-state index in [0.717, 1.165) is 4.88 Å². The first-order valence-electron chi connectivity index (χ1n) is 4.97. The van der Waals surface area contributed by atoms with E-state index in [1.165, 1.54) is 0 Å². The first-order valence-corrected chi connectivity index (χ1v) is 5.85. The minimum atomic E-state index is -0.461. The smallest absolute Gasteiger partial charge is 0.237 e. The van der Waals surface area contributed by atoms with E-state index < -0.39 is 6.04 Å². The monoisotopic (exact) mass is 262 g/mol. The van der Waals surface area contributed by atoms with Crippen LogP contribution in [0, 0.1) is 5.41 Å². The normalized spacial score (nSPS) is 12.8. The standard InChI is InChI=1S/C11H18N2OS.ClH/c1-11(2,3)9(12)10(14)13-7-8-5-4-6-15-8;/h4-6,9H,7,12H2,1-3H3,(H,13,14);1H/t9-;/m1./s1. The largest absolute Gasteiger partial charge is 0.350 e. The number of rotatable bonds is 3. The molecule has 3 nitrogen and oxygen atoms in total. The Balaban J connectivity index is 0.00000225. The van der Waals surface area contributed by atoms with Crippen LogP contribution in [0.3, 0.4) is 0 Å². The highest BCUT2D eigenvalue weighted by molar-refractivity contribution is 7.09. The lowest BCUT2D eigenvalue weighted by molar-refractivity contribution is -0.124. The van der Waals surface area contributed by atoms with Crippen LogP contribution in [0.2, 0.25) is 0 Å². The van der Waals surface area contributed by atoms with Crippen LogP contribution >= 0.6 is 23.7 Å². The summed E-state index contributed by atoms with van der Waals surface area (Å²) < 4.78 is 0. The highest BCUT2D eigenvalue weighted by Crippen LogP contribution is 2.17. The Morgan fingerprint density at radius 1 is 1.56 bits per heavy atom. The number of halogens is 1. The van der Waals surface area contributed by atoms with Crippen LogP contribution in [0.4, 0.5) is 0 Å². The molecule has 0 saturated heterocycles. The molecule has 5 heteroatoms. The second kappa shape index (κ2) is 6.23. The topological polar surface area (TPSA) is 55.1 Å². The zero-order valence-electron chi connectivity index (χ0n) is 9.82. The van der Waals surface area contributed by atoms with E-state index in [4.69, 9.17) is 5.73 Å². The molecule has 1 aromatic rings. The molecule has 0 saturated carbocycles. The molecule has 0 aliphatic heterocycles. The number of amides is 1. The fourth-order valence-corrected chi connectivity index (χ4v) is 1.74. The number of carbonyl (C=O) groups is 1. The van der Waals surface area contributed by atoms with E-state index in [1.54, 1.807) is 11.3 Å². The molecule has 0 aromatic carbocycles. The van der Waals surface area contributed by atoms with Gasteiger partial charge in [-0.3, -0.25) is 4.79 Å². The minimum absolute atomic E-state index is 0. The van der Waals surface area contributed by atoms with Crippen molar-refractivity contribution in [3.63, 3.8) is 0 Å². The van der Waals surface area contributed by atoms with Crippen molar-refractivity contribution in [2.75, 3.05) is 0 Å². The average Bonchev–Trinajstić information content (AvgIpc) is 2.63. The van der Waals surface area contributed by atoms with Crippen molar-refractivity contribution in [2.45, 2.75) is 33.4 Å². The fourth-order valence-electron chi connectivity index (χ4n) is 1.09. The van der Waals surface area contributed by atoms with Crippen molar-refractivity contribution in [1.82, 2.24) is 5.32 Å². The van der Waals surface area contributed by atoms with Crippen LogP contribution in [0.1, 0.15) is 25.6 Å². The molecule has 1 amide bonds. The third-order valence-corrected chi connectivity index (χ3v) is 3.11. The lowest BCUT2D eigenvalue weighted by Gasteiger charge is -2.25. The number of nitrogens with two attached hydrogens (primary N) is 1. The van der Waals surface area contributed by atoms with Gasteiger partial charge in [-0.05, 0) is 16.9 Å². The molecule has 0 radical (unpaired) electrons. The Kier molecular flexibility index (Phi) is 6.00. The van der Waals surface area contributed by atoms with Gasteiger partial charge in [0.25, 0.3) is 0 Å². The quantitative estimate of drug-likeness (QED) is 0.877. The maximum absolute atomic E-state index is 11.7. The molecule has 1 rings (SSSR count). The summed E-state index contributed by atoms with van der Waals surface area (Å²) >= 11 is 1.63. The van der Waals surface area contributed by atoms with Crippen LogP contribution in [0.5, 0.6) is 0 Å². The van der Waals surface area contributed by atoms with Crippen LogP contribution < -0.4 is 11.1 Å². The molecule has 0 spiro atoms. The van der Waals surface area contributed by atoms with Gasteiger partial charge in [0, 0.05) is 4.88 Å². The Morgan fingerprint density at radius 2 is 2.19 bits per heavy atom. The van der Waals surface area contributed by atoms with Crippen LogP contribution in [-0.4, -0.2) is 11.9 Å². The minimum Gasteiger partial charge on any atom is -0.350 e. The second-order valence-corrected chi connectivity index (χ2v) is 5.67. The van der Waals surface area contributed by atoms with E-state index in [2.05, 4.69) is 5.32 Å². The lowest BCUT2D eigenvalue weighted by atomic mass is 9.87. The zero-order valence-corrected chi connectivity index (χ0v) is 11.5. The number of hydrogen-bond donors (Lipinski definition) is 2. The van der Waals surface area contributed by atoms with Gasteiger partial charge < -0.3 is 11.1 Å². The van der Waals surface area contributed by atoms with Crippen LogP contribution in [-0.2, 0) is 11.3 Å². The van der Waals surface area contributed by atoms with Gasteiger partial charge in [0.1, 0.15) is 0 Å². The Morgan fingerprint density at radius 3 is 2.62 bits per heavy atom. The van der Waals surface area contributed by atoms with E-state index in [-0.39, 0.29) is 23.7 Å². The SMILES string of the molecule is CC(C)(C)[C@H](N)C(=O)NCc1cccs1.Cl. The molecular weight excluding hydrogens is 244 g/mol. The maximum atomic E-state index is 11.7. The molecular formula is C11H19ClN2OS. The van der Waals surface area contributed by atoms with Gasteiger partial charge in [-0.25, -0.2) is 0 Å². The number of carbonyl (C=O) groups excluding carboxylic acids is 1. The summed E-state index contributed by atoms with van der Waals surface area (Å²) in [5.74, 6) is -0.0871. The van der Waals surface area contributed by atoms with Gasteiger partial charge in [-0.15, -0.1) is 23.7 Å². The van der Waals surface area contributed by atoms with Gasteiger partial charge in [-0.2, -0.15) is 0 Å². The lowest BCUT2D eigenvalue weighted by Crippen LogP contribution is -2.48. The highest BCUT2D eigenvalue weighted by Gasteiger charge is 2.26. The molecule has 0 aliphatic rings. The molecule has 1 heterocycles. The summed E-state index contributed by atoms with van der Waals surface area (Å²) in [7, 11) is 0. The predicted octanol–water partition coefficient (Wildman–Crippen LogP) is 2.16. The summed E-state index contributed by atoms with van der Waals surface area (Å²) in [4.78, 5) is 12.8. The summed E-state index contributed by atoms with van der Waals surface area (Å²) in [6, 6.07) is 3.50. The van der Waals surface area contributed by atoms with Crippen molar-refractivity contribution < 1.29 is 4.79 Å². The predicted molar refractivity (Wildman–Crippen MR) is 70.8 cm³/mol. The highest BCUT2D eigenvalue weighted by atomic mass is 35.5. The maximum Gasteiger partial charge on any atom is 0.237 e. The first-order chi connectivity index (χ1) is 6.91. The number of thiophene rings is 1. The van der Waals surface area contributed by atoms with Gasteiger partial charge in [0.2, 0.25) is 5.91 Å². The molecule has 16 heavy (non-hydrogen) atoms. The Hall–Kier alpha value is -0.580. The summed E-state index contributed by atoms with van der Waals surface area (Å²) in [6.45, 7) is 6.45. The summed E-state index contributed by atoms with van der Waals surface area (Å²) in [5.41, 5.74) is 5.63. The van der Waals surface area contributed by atoms with E-state index >= 15 is 0 Å². The molecule has 0 fully saturated rings. The van der Waals surface area contributed by atoms with Gasteiger partial charge in [0.15, 0.2) is 0 Å². The van der Waals surface area contributed by atoms with Crippen molar-refractivity contribution in [2.24, 2.45) is 11.1 Å². The number of hydrogen-bond acceptors (Lipinski definition) is 3. The van der Waals surface area contributed by atoms with Crippen molar-refractivity contribution in [3.05, 3.63) is 22.4 Å². The van der Waals surface area contributed by atoms with Crippen molar-refractivity contribution in [3.8, 4) is 0 Å². The van der Waals surface area contributed by atoms with Gasteiger partial charge >= 0.3 is 0 Å². The molecule has 1 aromatic heterocycles. The van der Waals surface area contributed by atoms with Crippen LogP contribution in [0.15, 0.2) is 17.5 Å². The van der Waals surface area contributed by atoms with Crippen molar-refractivity contribution >= 4 is 29.7 Å². The average molecular weight is 263 g/mol. The van der Waals surface area contributed by atoms with E-state index in [1.807, 2.05) is 38.3 Å². The summed E-state index contributed by atoms with van der Waals surface area (Å²) in [6.07, 6.45) is 0. The molecule has 1 atom stereocenters. The number of nitrogens with one attached hydrogen (secondary N) is 1. The van der Waals surface area contributed by atoms with E-state index in [0.29, 0.717) is 6.54 Å². The third-order valence-electron chi connectivity index (χ3n) is 2.23. The summed E-state index contributed by atoms with van der Waals surface area (Å²) in [5, 5.41) is 4.83. The van der Waals surface area contributed by atoms with Gasteiger partial charge in [0.05, 0.1) is 12.6 Å². The first kappa shape index (κ1) is 15.4. The molecule has 0 unspecified atom stereocenters. The van der Waals surface area contributed by atoms with Crippen molar-refractivity contribution in [1.29, 1.82) is 0 Å².